The van der Waals surface area contributed by atoms with Gasteiger partial charge in [-0.05, 0) is 24.1 Å². The largest absolute Gasteiger partial charge is 0.334 e. The van der Waals surface area contributed by atoms with Gasteiger partial charge in [0.1, 0.15) is 0 Å². The van der Waals surface area contributed by atoms with Crippen LogP contribution in [0.5, 0.6) is 0 Å². The molecule has 1 unspecified atom stereocenters. The summed E-state index contributed by atoms with van der Waals surface area (Å²) >= 11 is 0. The number of benzene rings is 1. The number of hydrogen-bond acceptors (Lipinski definition) is 4. The van der Waals surface area contributed by atoms with Gasteiger partial charge in [-0.15, -0.1) is 0 Å². The van der Waals surface area contributed by atoms with Gasteiger partial charge in [0.05, 0.1) is 11.5 Å². The number of amides is 2. The second-order valence-corrected chi connectivity index (χ2v) is 6.83. The van der Waals surface area contributed by atoms with Crippen molar-refractivity contribution in [2.75, 3.05) is 16.8 Å². The first-order valence-electron chi connectivity index (χ1n) is 6.05. The summed E-state index contributed by atoms with van der Waals surface area (Å²) in [7, 11) is -2.98. The maximum Gasteiger partial charge on any atom is 0.319 e. The van der Waals surface area contributed by atoms with Gasteiger partial charge < -0.3 is 16.4 Å². The number of carbonyl (C=O) groups excluding carboxylic acids is 1. The van der Waals surface area contributed by atoms with E-state index in [1.165, 1.54) is 0 Å². The average molecular weight is 283 g/mol. The number of nitrogens with two attached hydrogens (primary N) is 1. The summed E-state index contributed by atoms with van der Waals surface area (Å²) in [5, 5.41) is 5.32. The van der Waals surface area contributed by atoms with E-state index in [0.29, 0.717) is 18.7 Å². The zero-order valence-electron chi connectivity index (χ0n) is 10.4. The molecule has 1 heterocycles. The van der Waals surface area contributed by atoms with Crippen molar-refractivity contribution in [1.29, 1.82) is 0 Å². The van der Waals surface area contributed by atoms with Crippen LogP contribution in [0.3, 0.4) is 0 Å². The molecule has 1 aromatic carbocycles. The Kier molecular flexibility index (Phi) is 4.06. The van der Waals surface area contributed by atoms with Gasteiger partial charge in [0.15, 0.2) is 9.84 Å². The smallest absolute Gasteiger partial charge is 0.319 e. The van der Waals surface area contributed by atoms with Crippen LogP contribution >= 0.6 is 0 Å². The highest BCUT2D eigenvalue weighted by atomic mass is 32.2. The molecule has 0 radical (unpaired) electrons. The molecule has 1 aliphatic heterocycles. The lowest BCUT2D eigenvalue weighted by Gasteiger charge is -2.12. The molecule has 2 rings (SSSR count). The van der Waals surface area contributed by atoms with Crippen LogP contribution < -0.4 is 16.4 Å². The molecule has 1 saturated heterocycles. The first-order valence-corrected chi connectivity index (χ1v) is 7.87. The standard InChI is InChI=1S/C12H17N3O3S/c13-7-9-1-3-10(4-2-9)14-12(16)15-11-5-6-19(17,18)8-11/h1-4,11H,5-8,13H2,(H2,14,15,16). The van der Waals surface area contributed by atoms with Crippen LogP contribution in [0.2, 0.25) is 0 Å². The highest BCUT2D eigenvalue weighted by Gasteiger charge is 2.28. The third-order valence-electron chi connectivity index (χ3n) is 3.02. The van der Waals surface area contributed by atoms with Gasteiger partial charge in [-0.2, -0.15) is 0 Å². The molecule has 0 aromatic heterocycles. The number of anilines is 1. The van der Waals surface area contributed by atoms with Crippen molar-refractivity contribution in [3.63, 3.8) is 0 Å². The number of carbonyl (C=O) groups is 1. The van der Waals surface area contributed by atoms with Crippen LogP contribution in [-0.4, -0.2) is 32.0 Å². The Hall–Kier alpha value is -1.60. The number of nitrogens with one attached hydrogen (secondary N) is 2. The molecule has 4 N–H and O–H groups in total. The Morgan fingerprint density at radius 1 is 1.32 bits per heavy atom. The Labute approximate surface area is 112 Å². The maximum absolute atomic E-state index is 11.7. The van der Waals surface area contributed by atoms with E-state index in [1.807, 2.05) is 12.1 Å². The van der Waals surface area contributed by atoms with E-state index in [1.54, 1.807) is 12.1 Å². The maximum atomic E-state index is 11.7. The highest BCUT2D eigenvalue weighted by molar-refractivity contribution is 7.91. The van der Waals surface area contributed by atoms with Crippen LogP contribution in [0.25, 0.3) is 0 Å². The lowest BCUT2D eigenvalue weighted by atomic mass is 10.2. The molecule has 2 amide bonds. The van der Waals surface area contributed by atoms with Crippen molar-refractivity contribution in [3.8, 4) is 0 Å². The van der Waals surface area contributed by atoms with Crippen LogP contribution in [0.15, 0.2) is 24.3 Å². The molecule has 0 spiro atoms. The van der Waals surface area contributed by atoms with E-state index >= 15 is 0 Å². The van der Waals surface area contributed by atoms with Gasteiger partial charge in [-0.25, -0.2) is 13.2 Å². The molecule has 1 fully saturated rings. The molecule has 1 aromatic rings. The van der Waals surface area contributed by atoms with Crippen molar-refractivity contribution in [2.45, 2.75) is 19.0 Å². The molecule has 104 valence electrons. The first-order chi connectivity index (χ1) is 8.98. The summed E-state index contributed by atoms with van der Waals surface area (Å²) in [6.45, 7) is 0.451. The number of sulfone groups is 1. The molecule has 19 heavy (non-hydrogen) atoms. The fourth-order valence-corrected chi connectivity index (χ4v) is 3.66. The third-order valence-corrected chi connectivity index (χ3v) is 4.78. The molecule has 0 saturated carbocycles. The third kappa shape index (κ3) is 3.93. The summed E-state index contributed by atoms with van der Waals surface area (Å²) in [4.78, 5) is 11.7. The minimum absolute atomic E-state index is 0.0204. The van der Waals surface area contributed by atoms with Gasteiger partial charge in [0.2, 0.25) is 0 Å². The zero-order chi connectivity index (χ0) is 13.9. The van der Waals surface area contributed by atoms with Crippen LogP contribution in [0, 0.1) is 0 Å². The summed E-state index contributed by atoms with van der Waals surface area (Å²) < 4.78 is 22.5. The van der Waals surface area contributed by atoms with Crippen molar-refractivity contribution >= 4 is 21.6 Å². The molecule has 0 aliphatic carbocycles. The monoisotopic (exact) mass is 283 g/mol. The number of rotatable bonds is 3. The van der Waals surface area contributed by atoms with Crippen LogP contribution in [0.1, 0.15) is 12.0 Å². The predicted octanol–water partition coefficient (Wildman–Crippen LogP) is 0.454. The van der Waals surface area contributed by atoms with Gasteiger partial charge in [-0.3, -0.25) is 0 Å². The van der Waals surface area contributed by atoms with Crippen molar-refractivity contribution < 1.29 is 13.2 Å². The normalized spacial score (nSPS) is 21.0. The van der Waals surface area contributed by atoms with E-state index in [-0.39, 0.29) is 23.6 Å². The van der Waals surface area contributed by atoms with Crippen LogP contribution in [-0.2, 0) is 16.4 Å². The predicted molar refractivity (Wildman–Crippen MR) is 73.5 cm³/mol. The highest BCUT2D eigenvalue weighted by Crippen LogP contribution is 2.12. The summed E-state index contributed by atoms with van der Waals surface area (Å²) in [5.41, 5.74) is 7.11. The summed E-state index contributed by atoms with van der Waals surface area (Å²) in [6.07, 6.45) is 0.474. The molecular formula is C12H17N3O3S. The number of hydrogen-bond donors (Lipinski definition) is 3. The molecule has 0 bridgehead atoms. The lowest BCUT2D eigenvalue weighted by molar-refractivity contribution is 0.249. The molecule has 6 nitrogen and oxygen atoms in total. The minimum Gasteiger partial charge on any atom is -0.334 e. The van der Waals surface area contributed by atoms with Crippen molar-refractivity contribution in [2.24, 2.45) is 5.73 Å². The van der Waals surface area contributed by atoms with E-state index in [9.17, 15) is 13.2 Å². The molecule has 1 atom stereocenters. The Balaban J connectivity index is 1.87. The summed E-state index contributed by atoms with van der Waals surface area (Å²) in [6, 6.07) is 6.49. The second-order valence-electron chi connectivity index (χ2n) is 4.60. The summed E-state index contributed by atoms with van der Waals surface area (Å²) in [5.74, 6) is 0.162. The van der Waals surface area contributed by atoms with Gasteiger partial charge >= 0.3 is 6.03 Å². The SMILES string of the molecule is NCc1ccc(NC(=O)NC2CCS(=O)(=O)C2)cc1. The zero-order valence-corrected chi connectivity index (χ0v) is 11.2. The first kappa shape index (κ1) is 13.8. The molecular weight excluding hydrogens is 266 g/mol. The Morgan fingerprint density at radius 2 is 2.00 bits per heavy atom. The molecule has 1 aliphatic rings. The van der Waals surface area contributed by atoms with E-state index in [2.05, 4.69) is 10.6 Å². The van der Waals surface area contributed by atoms with E-state index in [4.69, 9.17) is 5.73 Å². The average Bonchev–Trinajstić information content (AvgIpc) is 2.69. The number of urea groups is 1. The fourth-order valence-electron chi connectivity index (χ4n) is 1.99. The quantitative estimate of drug-likeness (QED) is 0.749. The fraction of sp³-hybridized carbons (Fsp3) is 0.417. The lowest BCUT2D eigenvalue weighted by Crippen LogP contribution is -2.38. The topological polar surface area (TPSA) is 101 Å². The minimum atomic E-state index is -2.98. The second kappa shape index (κ2) is 5.58. The Bertz CT molecular complexity index is 554. The van der Waals surface area contributed by atoms with Crippen LogP contribution in [0.4, 0.5) is 10.5 Å². The van der Waals surface area contributed by atoms with Crippen molar-refractivity contribution in [3.05, 3.63) is 29.8 Å². The molecule has 7 heteroatoms. The van der Waals surface area contributed by atoms with Gasteiger partial charge in [-0.1, -0.05) is 12.1 Å². The van der Waals surface area contributed by atoms with Crippen molar-refractivity contribution in [1.82, 2.24) is 5.32 Å². The van der Waals surface area contributed by atoms with Gasteiger partial charge in [0, 0.05) is 18.3 Å². The van der Waals surface area contributed by atoms with E-state index < -0.39 is 9.84 Å². The van der Waals surface area contributed by atoms with Gasteiger partial charge in [0.25, 0.3) is 0 Å². The Morgan fingerprint density at radius 3 is 2.53 bits per heavy atom. The van der Waals surface area contributed by atoms with E-state index in [0.717, 1.165) is 5.56 Å².